The molecule has 1 fully saturated rings. The van der Waals surface area contributed by atoms with Gasteiger partial charge >= 0.3 is 5.97 Å². The van der Waals surface area contributed by atoms with Gasteiger partial charge in [-0.15, -0.1) is 0 Å². The lowest BCUT2D eigenvalue weighted by molar-refractivity contribution is -0.142. The Morgan fingerprint density at radius 3 is 2.46 bits per heavy atom. The number of hydrogen-bond donors (Lipinski definition) is 1. The van der Waals surface area contributed by atoms with E-state index in [2.05, 4.69) is 19.6 Å². The molecule has 1 saturated carbocycles. The first kappa shape index (κ1) is 20.8. The molecular weight excluding hydrogens is 348 g/mol. The maximum Gasteiger partial charge on any atom is 0.306 e. The summed E-state index contributed by atoms with van der Waals surface area (Å²) >= 11 is 0. The average Bonchev–Trinajstić information content (AvgIpc) is 2.60. The van der Waals surface area contributed by atoms with E-state index in [-0.39, 0.29) is 12.7 Å². The molecule has 6 heteroatoms. The second kappa shape index (κ2) is 9.42. The van der Waals surface area contributed by atoms with Crippen LogP contribution in [0.25, 0.3) is 0 Å². The Morgan fingerprint density at radius 1 is 1.19 bits per heavy atom. The van der Waals surface area contributed by atoms with E-state index in [0.29, 0.717) is 18.8 Å². The van der Waals surface area contributed by atoms with Crippen molar-refractivity contribution in [2.24, 2.45) is 5.92 Å². The van der Waals surface area contributed by atoms with Gasteiger partial charge in [-0.2, -0.15) is 0 Å². The number of rotatable bonds is 9. The Balaban J connectivity index is 1.97. The minimum Gasteiger partial charge on any atom is -0.497 e. The fraction of sp³-hybridized carbons (Fsp3) is 0.650. The highest BCUT2D eigenvalue weighted by Crippen LogP contribution is 2.41. The highest BCUT2D eigenvalue weighted by atomic mass is 28.3. The van der Waals surface area contributed by atoms with Crippen molar-refractivity contribution in [3.63, 3.8) is 0 Å². The number of ether oxygens (including phenoxy) is 3. The predicted octanol–water partition coefficient (Wildman–Crippen LogP) is 4.74. The summed E-state index contributed by atoms with van der Waals surface area (Å²) < 4.78 is 16.9. The number of carboxylic acid groups (broad SMARTS) is 1. The number of carbonyl (C=O) groups is 1. The van der Waals surface area contributed by atoms with Gasteiger partial charge in [0.1, 0.15) is 11.5 Å². The monoisotopic (exact) mass is 380 g/mol. The standard InChI is InChI=1S/C20H32O5Si/c1-23-17-9-10-19(25-14-24-11-12-26(2,3)4)18(13-17)15-5-7-16(8-6-15)20(21)22/h9-10,13,15-16H,5-8,11-12,14H2,1-4H3,(H,21,22). The Morgan fingerprint density at radius 2 is 1.88 bits per heavy atom. The second-order valence-electron chi connectivity index (χ2n) is 8.27. The molecule has 1 aliphatic rings. The molecule has 2 rings (SSSR count). The topological polar surface area (TPSA) is 65.0 Å². The number of hydrogen-bond acceptors (Lipinski definition) is 4. The Hall–Kier alpha value is -1.53. The van der Waals surface area contributed by atoms with E-state index in [1.807, 2.05) is 18.2 Å². The van der Waals surface area contributed by atoms with Crippen LogP contribution in [0.15, 0.2) is 18.2 Å². The SMILES string of the molecule is COc1ccc(OCOCC[Si](C)(C)C)c(C2CCC(C(=O)O)CC2)c1. The highest BCUT2D eigenvalue weighted by molar-refractivity contribution is 6.76. The van der Waals surface area contributed by atoms with Crippen LogP contribution in [0.2, 0.25) is 25.7 Å². The van der Waals surface area contributed by atoms with Gasteiger partial charge in [-0.05, 0) is 55.8 Å². The third-order valence-electron chi connectivity index (χ3n) is 5.03. The van der Waals surface area contributed by atoms with Crippen LogP contribution in [0, 0.1) is 5.92 Å². The molecule has 1 aromatic carbocycles. The molecule has 0 heterocycles. The van der Waals surface area contributed by atoms with Crippen molar-refractivity contribution in [1.29, 1.82) is 0 Å². The van der Waals surface area contributed by atoms with Crippen LogP contribution < -0.4 is 9.47 Å². The van der Waals surface area contributed by atoms with Gasteiger partial charge in [-0.25, -0.2) is 0 Å². The number of methoxy groups -OCH3 is 1. The zero-order valence-electron chi connectivity index (χ0n) is 16.4. The van der Waals surface area contributed by atoms with Gasteiger partial charge in [-0.1, -0.05) is 19.6 Å². The second-order valence-corrected chi connectivity index (χ2v) is 13.9. The molecule has 0 saturated heterocycles. The van der Waals surface area contributed by atoms with Crippen molar-refractivity contribution < 1.29 is 24.1 Å². The Bertz CT molecular complexity index is 588. The molecule has 0 unspecified atom stereocenters. The molecule has 146 valence electrons. The van der Waals surface area contributed by atoms with Gasteiger partial charge in [0.15, 0.2) is 6.79 Å². The van der Waals surface area contributed by atoms with Crippen LogP contribution in [-0.4, -0.2) is 39.7 Å². The molecule has 1 aromatic rings. The largest absolute Gasteiger partial charge is 0.497 e. The molecule has 0 atom stereocenters. The van der Waals surface area contributed by atoms with E-state index in [1.54, 1.807) is 7.11 Å². The third kappa shape index (κ3) is 6.32. The van der Waals surface area contributed by atoms with Crippen LogP contribution in [-0.2, 0) is 9.53 Å². The smallest absolute Gasteiger partial charge is 0.306 e. The summed E-state index contributed by atoms with van der Waals surface area (Å²) in [7, 11) is 0.556. The zero-order valence-corrected chi connectivity index (χ0v) is 17.4. The van der Waals surface area contributed by atoms with E-state index in [1.165, 1.54) is 0 Å². The summed E-state index contributed by atoms with van der Waals surface area (Å²) in [5.74, 6) is 1.02. The first-order valence-electron chi connectivity index (χ1n) is 9.41. The third-order valence-corrected chi connectivity index (χ3v) is 6.73. The highest BCUT2D eigenvalue weighted by Gasteiger charge is 2.28. The van der Waals surface area contributed by atoms with Crippen LogP contribution in [0.1, 0.15) is 37.2 Å². The molecule has 0 radical (unpaired) electrons. The lowest BCUT2D eigenvalue weighted by Crippen LogP contribution is -2.22. The molecule has 0 aromatic heterocycles. The zero-order chi connectivity index (χ0) is 19.2. The van der Waals surface area contributed by atoms with Crippen molar-refractivity contribution in [3.05, 3.63) is 23.8 Å². The summed E-state index contributed by atoms with van der Waals surface area (Å²) in [6.45, 7) is 7.95. The van der Waals surface area contributed by atoms with Crippen LogP contribution in [0.5, 0.6) is 11.5 Å². The van der Waals surface area contributed by atoms with Crippen molar-refractivity contribution in [2.45, 2.75) is 57.3 Å². The summed E-state index contributed by atoms with van der Waals surface area (Å²) in [6.07, 6.45) is 3.14. The van der Waals surface area contributed by atoms with Crippen molar-refractivity contribution in [2.75, 3.05) is 20.5 Å². The average molecular weight is 381 g/mol. The number of carboxylic acids is 1. The minimum atomic E-state index is -1.10. The summed E-state index contributed by atoms with van der Waals surface area (Å²) in [6, 6.07) is 6.96. The van der Waals surface area contributed by atoms with Gasteiger partial charge in [-0.3, -0.25) is 4.79 Å². The van der Waals surface area contributed by atoms with E-state index in [0.717, 1.165) is 42.6 Å². The Kier molecular flexibility index (Phi) is 7.52. The number of aliphatic carboxylic acids is 1. The molecular formula is C20H32O5Si. The van der Waals surface area contributed by atoms with Gasteiger partial charge in [0, 0.05) is 20.2 Å². The lowest BCUT2D eigenvalue weighted by atomic mass is 9.78. The molecule has 0 spiro atoms. The fourth-order valence-electron chi connectivity index (χ4n) is 3.30. The minimum absolute atomic E-state index is 0.217. The maximum absolute atomic E-state index is 11.2. The van der Waals surface area contributed by atoms with Crippen LogP contribution >= 0.6 is 0 Å². The van der Waals surface area contributed by atoms with Crippen molar-refractivity contribution in [1.82, 2.24) is 0 Å². The van der Waals surface area contributed by atoms with Crippen LogP contribution in [0.3, 0.4) is 0 Å². The normalized spacial score (nSPS) is 20.6. The molecule has 0 aliphatic heterocycles. The van der Waals surface area contributed by atoms with E-state index < -0.39 is 14.0 Å². The summed E-state index contributed by atoms with van der Waals surface area (Å²) in [5.41, 5.74) is 1.10. The Labute approximate surface area is 157 Å². The first-order valence-corrected chi connectivity index (χ1v) is 13.1. The van der Waals surface area contributed by atoms with Crippen molar-refractivity contribution in [3.8, 4) is 11.5 Å². The predicted molar refractivity (Wildman–Crippen MR) is 105 cm³/mol. The van der Waals surface area contributed by atoms with Gasteiger partial charge in [0.05, 0.1) is 13.0 Å². The number of benzene rings is 1. The summed E-state index contributed by atoms with van der Waals surface area (Å²) in [5, 5.41) is 9.20. The quantitative estimate of drug-likeness (QED) is 0.381. The van der Waals surface area contributed by atoms with Gasteiger partial charge in [0.2, 0.25) is 0 Å². The van der Waals surface area contributed by atoms with Crippen molar-refractivity contribution >= 4 is 14.0 Å². The maximum atomic E-state index is 11.2. The molecule has 26 heavy (non-hydrogen) atoms. The van der Waals surface area contributed by atoms with Crippen LogP contribution in [0.4, 0.5) is 0 Å². The summed E-state index contributed by atoms with van der Waals surface area (Å²) in [4.78, 5) is 11.2. The van der Waals surface area contributed by atoms with E-state index in [9.17, 15) is 9.90 Å². The van der Waals surface area contributed by atoms with Gasteiger partial charge < -0.3 is 19.3 Å². The van der Waals surface area contributed by atoms with E-state index >= 15 is 0 Å². The lowest BCUT2D eigenvalue weighted by Gasteiger charge is -2.28. The van der Waals surface area contributed by atoms with Gasteiger partial charge in [0.25, 0.3) is 0 Å². The molecule has 1 aliphatic carbocycles. The molecule has 0 amide bonds. The fourth-order valence-corrected chi connectivity index (χ4v) is 4.05. The molecule has 0 bridgehead atoms. The molecule has 5 nitrogen and oxygen atoms in total. The molecule has 1 N–H and O–H groups in total. The van der Waals surface area contributed by atoms with E-state index in [4.69, 9.17) is 14.2 Å². The first-order chi connectivity index (χ1) is 12.3.